The van der Waals surface area contributed by atoms with Crippen LogP contribution in [0.1, 0.15) is 33.6 Å². The number of nitrogens with zero attached hydrogens (tertiary/aromatic N) is 1. The molecule has 1 aromatic carbocycles. The molecule has 0 saturated carbocycles. The van der Waals surface area contributed by atoms with E-state index in [9.17, 15) is 24.3 Å². The number of rotatable bonds is 10. The molecule has 14 heteroatoms. The van der Waals surface area contributed by atoms with Crippen molar-refractivity contribution in [1.82, 2.24) is 20.9 Å². The van der Waals surface area contributed by atoms with Crippen molar-refractivity contribution >= 4 is 30.0 Å². The Morgan fingerprint density at radius 3 is 2.39 bits per heavy atom. The number of hydrogen-bond acceptors (Lipinski definition) is 9. The fourth-order valence-corrected chi connectivity index (χ4v) is 3.45. The Morgan fingerprint density at radius 1 is 1.08 bits per heavy atom. The van der Waals surface area contributed by atoms with Gasteiger partial charge in [-0.3, -0.25) is 15.0 Å². The van der Waals surface area contributed by atoms with Gasteiger partial charge in [0.1, 0.15) is 30.7 Å². The maximum Gasteiger partial charge on any atom is 0.513 e. The summed E-state index contributed by atoms with van der Waals surface area (Å²) in [5.74, 6) is -1.49. The highest BCUT2D eigenvalue weighted by Crippen LogP contribution is 2.15. The standard InChI is InChI=1S/C24H36N6O8/c1-14(2)12-36-23(34)29-18(13-37-24(35)38-16-8-5-4-6-9-16)20(32)27-15(3)19(31)28-17-10-7-11-30(21(17)33)22(25)26/h4-6,8-9,14-15,17-18,21,33H,7,10-13H2,1-3H3,(H3,25,26)(H,27,32)(H,28,31)(H,29,34)/t15-,17-,18+,21?/m0/s1. The summed E-state index contributed by atoms with van der Waals surface area (Å²) >= 11 is 0. The number of nitrogens with two attached hydrogens (primary N) is 1. The number of aliphatic hydroxyl groups is 1. The van der Waals surface area contributed by atoms with Crippen molar-refractivity contribution in [2.24, 2.45) is 11.7 Å². The Hall–Kier alpha value is -4.07. The Labute approximate surface area is 220 Å². The number of carbonyl (C=O) groups excluding carboxylic acids is 4. The van der Waals surface area contributed by atoms with E-state index >= 15 is 0 Å². The van der Waals surface area contributed by atoms with Crippen LogP contribution in [0.5, 0.6) is 5.75 Å². The molecule has 1 heterocycles. The highest BCUT2D eigenvalue weighted by molar-refractivity contribution is 5.91. The van der Waals surface area contributed by atoms with Crippen LogP contribution in [0.15, 0.2) is 30.3 Å². The normalized spacial score (nSPS) is 18.5. The molecule has 210 valence electrons. The minimum atomic E-state index is -1.40. The molecule has 0 bridgehead atoms. The van der Waals surface area contributed by atoms with Gasteiger partial charge in [0.05, 0.1) is 12.6 Å². The van der Waals surface area contributed by atoms with Crippen LogP contribution in [0, 0.1) is 11.3 Å². The van der Waals surface area contributed by atoms with E-state index < -0.39 is 55.0 Å². The molecule has 2 rings (SSSR count). The van der Waals surface area contributed by atoms with Gasteiger partial charge >= 0.3 is 12.2 Å². The zero-order valence-corrected chi connectivity index (χ0v) is 21.6. The van der Waals surface area contributed by atoms with Crippen LogP contribution in [0.3, 0.4) is 0 Å². The fraction of sp³-hybridized carbons (Fsp3) is 0.542. The number of alkyl carbamates (subject to hydrolysis) is 1. The number of para-hydroxylation sites is 1. The molecule has 1 fully saturated rings. The Bertz CT molecular complexity index is 976. The van der Waals surface area contributed by atoms with E-state index in [2.05, 4.69) is 16.0 Å². The Balaban J connectivity index is 1.98. The van der Waals surface area contributed by atoms with Gasteiger partial charge in [0, 0.05) is 6.54 Å². The van der Waals surface area contributed by atoms with E-state index in [1.165, 1.54) is 24.0 Å². The number of nitrogens with one attached hydrogen (secondary N) is 4. The molecular weight excluding hydrogens is 500 g/mol. The van der Waals surface area contributed by atoms with Crippen LogP contribution in [-0.4, -0.2) is 84.1 Å². The van der Waals surface area contributed by atoms with Crippen LogP contribution in [0.25, 0.3) is 0 Å². The second-order valence-electron chi connectivity index (χ2n) is 9.15. The molecule has 1 saturated heterocycles. The first kappa shape index (κ1) is 30.2. The molecule has 14 nitrogen and oxygen atoms in total. The summed E-state index contributed by atoms with van der Waals surface area (Å²) < 4.78 is 15.1. The minimum Gasteiger partial charge on any atom is -0.449 e. The number of aliphatic hydroxyl groups excluding tert-OH is 1. The van der Waals surface area contributed by atoms with Crippen molar-refractivity contribution in [2.75, 3.05) is 19.8 Å². The van der Waals surface area contributed by atoms with Crippen molar-refractivity contribution in [3.63, 3.8) is 0 Å². The zero-order chi connectivity index (χ0) is 28.2. The first-order valence-corrected chi connectivity index (χ1v) is 12.2. The molecule has 7 N–H and O–H groups in total. The van der Waals surface area contributed by atoms with Crippen molar-refractivity contribution < 1.29 is 38.5 Å². The lowest BCUT2D eigenvalue weighted by atomic mass is 10.0. The number of hydrogen-bond donors (Lipinski definition) is 6. The maximum atomic E-state index is 12.9. The molecule has 0 radical (unpaired) electrons. The fourth-order valence-electron chi connectivity index (χ4n) is 3.45. The third-order valence-electron chi connectivity index (χ3n) is 5.45. The molecule has 1 aliphatic heterocycles. The summed E-state index contributed by atoms with van der Waals surface area (Å²) in [7, 11) is 0. The van der Waals surface area contributed by atoms with E-state index in [1.54, 1.807) is 18.2 Å². The maximum absolute atomic E-state index is 12.9. The molecule has 1 aliphatic rings. The third kappa shape index (κ3) is 9.76. The smallest absolute Gasteiger partial charge is 0.449 e. The zero-order valence-electron chi connectivity index (χ0n) is 21.6. The van der Waals surface area contributed by atoms with Crippen LogP contribution < -0.4 is 26.4 Å². The molecule has 0 aliphatic carbocycles. The van der Waals surface area contributed by atoms with Crippen LogP contribution >= 0.6 is 0 Å². The first-order chi connectivity index (χ1) is 18.0. The molecule has 38 heavy (non-hydrogen) atoms. The number of carbonyl (C=O) groups is 4. The highest BCUT2D eigenvalue weighted by atomic mass is 16.7. The molecule has 1 aromatic rings. The van der Waals surface area contributed by atoms with Crippen LogP contribution in [0.4, 0.5) is 9.59 Å². The summed E-state index contributed by atoms with van der Waals surface area (Å²) in [6, 6.07) is 4.91. The minimum absolute atomic E-state index is 0.0444. The lowest BCUT2D eigenvalue weighted by Crippen LogP contribution is -2.61. The third-order valence-corrected chi connectivity index (χ3v) is 5.45. The second kappa shape index (κ2) is 14.6. The number of ether oxygens (including phenoxy) is 3. The summed E-state index contributed by atoms with van der Waals surface area (Å²) in [4.78, 5) is 51.1. The number of amides is 3. The Morgan fingerprint density at radius 2 is 1.76 bits per heavy atom. The predicted molar refractivity (Wildman–Crippen MR) is 135 cm³/mol. The van der Waals surface area contributed by atoms with Gasteiger partial charge in [0.15, 0.2) is 5.96 Å². The van der Waals surface area contributed by atoms with E-state index in [0.29, 0.717) is 19.4 Å². The van der Waals surface area contributed by atoms with Crippen molar-refractivity contribution in [3.8, 4) is 5.75 Å². The molecule has 3 amide bonds. The summed E-state index contributed by atoms with van der Waals surface area (Å²) in [6.07, 6.45) is -2.17. The average molecular weight is 537 g/mol. The summed E-state index contributed by atoms with van der Waals surface area (Å²) in [5.41, 5.74) is 5.47. The SMILES string of the molecule is CC(C)COC(=O)N[C@H](COC(=O)Oc1ccccc1)C(=O)N[C@@H](C)C(=O)N[C@H]1CCCN(C(=N)N)C1O. The van der Waals surface area contributed by atoms with Gasteiger partial charge in [-0.25, -0.2) is 9.59 Å². The number of likely N-dealkylation sites (tertiary alicyclic amines) is 1. The monoisotopic (exact) mass is 536 g/mol. The van der Waals surface area contributed by atoms with E-state index in [0.717, 1.165) is 0 Å². The summed E-state index contributed by atoms with van der Waals surface area (Å²) in [6.45, 7) is 4.94. The van der Waals surface area contributed by atoms with E-state index in [1.807, 2.05) is 13.8 Å². The van der Waals surface area contributed by atoms with Gasteiger partial charge in [-0.05, 0) is 37.8 Å². The van der Waals surface area contributed by atoms with Gasteiger partial charge in [-0.15, -0.1) is 0 Å². The largest absolute Gasteiger partial charge is 0.513 e. The predicted octanol–water partition coefficient (Wildman–Crippen LogP) is 0.250. The number of guanidine groups is 1. The van der Waals surface area contributed by atoms with Crippen molar-refractivity contribution in [1.29, 1.82) is 5.41 Å². The number of benzene rings is 1. The molecule has 0 spiro atoms. The van der Waals surface area contributed by atoms with Crippen LogP contribution in [-0.2, 0) is 19.1 Å². The molecular formula is C24H36N6O8. The van der Waals surface area contributed by atoms with Gasteiger partial charge in [0.2, 0.25) is 11.8 Å². The second-order valence-corrected chi connectivity index (χ2v) is 9.15. The van der Waals surface area contributed by atoms with Gasteiger partial charge in [-0.1, -0.05) is 32.0 Å². The lowest BCUT2D eigenvalue weighted by Gasteiger charge is -2.38. The van der Waals surface area contributed by atoms with Gasteiger partial charge in [-0.2, -0.15) is 0 Å². The van der Waals surface area contributed by atoms with Crippen molar-refractivity contribution in [2.45, 2.75) is 58.0 Å². The van der Waals surface area contributed by atoms with Crippen LogP contribution in [0.2, 0.25) is 0 Å². The highest BCUT2D eigenvalue weighted by Gasteiger charge is 2.33. The summed E-state index contributed by atoms with van der Waals surface area (Å²) in [5, 5.41) is 25.3. The quantitative estimate of drug-likeness (QED) is 0.104. The average Bonchev–Trinajstić information content (AvgIpc) is 2.86. The van der Waals surface area contributed by atoms with Gasteiger partial charge < -0.3 is 45.9 Å². The topological polar surface area (TPSA) is 205 Å². The van der Waals surface area contributed by atoms with E-state index in [4.69, 9.17) is 25.4 Å². The number of piperidine rings is 1. The molecule has 0 aromatic heterocycles. The van der Waals surface area contributed by atoms with Gasteiger partial charge in [0.25, 0.3) is 0 Å². The molecule has 1 unspecified atom stereocenters. The van der Waals surface area contributed by atoms with Crippen molar-refractivity contribution in [3.05, 3.63) is 30.3 Å². The lowest BCUT2D eigenvalue weighted by molar-refractivity contribution is -0.131. The molecule has 4 atom stereocenters. The Kier molecular flexibility index (Phi) is 11.6. The van der Waals surface area contributed by atoms with E-state index in [-0.39, 0.29) is 24.2 Å². The first-order valence-electron chi connectivity index (χ1n) is 12.2.